The second-order valence-corrected chi connectivity index (χ2v) is 11.9. The molecular formula is C37H22N4S. The smallest absolute Gasteiger partial charge is 0.109 e. The molecule has 0 aliphatic rings. The Bertz CT molecular complexity index is 2680. The number of pyridine rings is 1. The van der Waals surface area contributed by atoms with E-state index in [9.17, 15) is 0 Å². The van der Waals surface area contributed by atoms with Crippen LogP contribution in [-0.4, -0.2) is 18.7 Å². The predicted octanol–water partition coefficient (Wildman–Crippen LogP) is 9.90. The maximum absolute atomic E-state index is 4.92. The number of para-hydroxylation sites is 2. The zero-order valence-electron chi connectivity index (χ0n) is 22.4. The minimum atomic E-state index is 1.00. The molecule has 4 nitrogen and oxygen atoms in total. The Morgan fingerprint density at radius 2 is 1.24 bits per heavy atom. The van der Waals surface area contributed by atoms with Crippen molar-refractivity contribution in [3.63, 3.8) is 0 Å². The molecule has 0 N–H and O–H groups in total. The molecular weight excluding hydrogens is 533 g/mol. The van der Waals surface area contributed by atoms with E-state index < -0.39 is 0 Å². The lowest BCUT2D eigenvalue weighted by Crippen LogP contribution is -1.97. The molecule has 0 saturated heterocycles. The lowest BCUT2D eigenvalue weighted by molar-refractivity contribution is 0.972. The highest BCUT2D eigenvalue weighted by Crippen LogP contribution is 2.46. The molecule has 10 rings (SSSR count). The van der Waals surface area contributed by atoms with Gasteiger partial charge in [0.15, 0.2) is 0 Å². The van der Waals surface area contributed by atoms with Crippen LogP contribution in [0.2, 0.25) is 0 Å². The number of fused-ring (bicyclic) bond motifs is 11. The molecule has 0 aliphatic heterocycles. The Hall–Kier alpha value is -5.39. The Kier molecular flexibility index (Phi) is 4.30. The summed E-state index contributed by atoms with van der Waals surface area (Å²) in [4.78, 5) is 1.26. The third kappa shape index (κ3) is 2.83. The average molecular weight is 555 g/mol. The minimum absolute atomic E-state index is 1.00. The third-order valence-corrected chi connectivity index (χ3v) is 9.82. The van der Waals surface area contributed by atoms with Gasteiger partial charge in [-0.3, -0.25) is 4.57 Å². The monoisotopic (exact) mass is 554 g/mol. The van der Waals surface area contributed by atoms with E-state index in [1.165, 1.54) is 58.7 Å². The first-order chi connectivity index (χ1) is 20.8. The van der Waals surface area contributed by atoms with Gasteiger partial charge < -0.3 is 4.57 Å². The van der Waals surface area contributed by atoms with E-state index in [2.05, 4.69) is 143 Å². The van der Waals surface area contributed by atoms with Crippen molar-refractivity contribution < 1.29 is 0 Å². The molecule has 196 valence electrons. The van der Waals surface area contributed by atoms with Gasteiger partial charge >= 0.3 is 0 Å². The number of nitrogens with zero attached hydrogens (tertiary/aromatic N) is 4. The standard InChI is InChI=1S/C37H22N4S/c1-2-11-23(12-3-1)40-30-17-8-5-13-24(30)27-21-33-28(22-32(27)40)35-26-15-6-9-19-34(26)42-37(35)41(33)31-18-10-20-39-36(31)25-14-4-7-16-29(25)38-39/h1-22H. The van der Waals surface area contributed by atoms with Crippen molar-refractivity contribution in [3.8, 4) is 11.4 Å². The highest BCUT2D eigenvalue weighted by atomic mass is 32.1. The summed E-state index contributed by atoms with van der Waals surface area (Å²) in [6.07, 6.45) is 2.05. The zero-order valence-corrected chi connectivity index (χ0v) is 23.2. The zero-order chi connectivity index (χ0) is 27.4. The molecule has 5 aromatic heterocycles. The molecule has 0 radical (unpaired) electrons. The first kappa shape index (κ1) is 22.3. The number of rotatable bonds is 2. The molecule has 10 aromatic rings. The van der Waals surface area contributed by atoms with Crippen LogP contribution in [0.1, 0.15) is 0 Å². The summed E-state index contributed by atoms with van der Waals surface area (Å²) in [5, 5.41) is 12.5. The summed E-state index contributed by atoms with van der Waals surface area (Å²) in [5.74, 6) is 0. The molecule has 0 spiro atoms. The highest BCUT2D eigenvalue weighted by Gasteiger charge is 2.23. The quantitative estimate of drug-likeness (QED) is 0.209. The van der Waals surface area contributed by atoms with Crippen molar-refractivity contribution in [1.82, 2.24) is 18.7 Å². The summed E-state index contributed by atoms with van der Waals surface area (Å²) in [6, 6.07) is 45.9. The average Bonchev–Trinajstić information content (AvgIpc) is 3.77. The van der Waals surface area contributed by atoms with Crippen LogP contribution >= 0.6 is 11.3 Å². The van der Waals surface area contributed by atoms with E-state index in [1.807, 2.05) is 15.9 Å². The molecule has 0 bridgehead atoms. The van der Waals surface area contributed by atoms with Crippen LogP contribution in [0.25, 0.3) is 80.8 Å². The number of aromatic nitrogens is 4. The van der Waals surface area contributed by atoms with Crippen molar-refractivity contribution in [3.05, 3.63) is 134 Å². The molecule has 0 atom stereocenters. The summed E-state index contributed by atoms with van der Waals surface area (Å²) in [6.45, 7) is 0. The van der Waals surface area contributed by atoms with Gasteiger partial charge in [-0.2, -0.15) is 5.10 Å². The van der Waals surface area contributed by atoms with Gasteiger partial charge in [-0.1, -0.05) is 72.8 Å². The fourth-order valence-corrected chi connectivity index (χ4v) is 8.18. The lowest BCUT2D eigenvalue weighted by atomic mass is 10.1. The van der Waals surface area contributed by atoms with Crippen molar-refractivity contribution in [1.29, 1.82) is 0 Å². The summed E-state index contributed by atoms with van der Waals surface area (Å²) >= 11 is 1.87. The SMILES string of the molecule is c1ccc(-n2c3ccccc3c3cc4c(cc32)c2c3ccccc3sc2n4-c2cccn3nc4ccccc4c23)cc1. The Morgan fingerprint density at radius 3 is 2.14 bits per heavy atom. The van der Waals surface area contributed by atoms with E-state index in [4.69, 9.17) is 5.10 Å². The predicted molar refractivity (Wildman–Crippen MR) is 177 cm³/mol. The summed E-state index contributed by atoms with van der Waals surface area (Å²) in [5.41, 5.74) is 8.08. The van der Waals surface area contributed by atoms with Crippen molar-refractivity contribution in [2.75, 3.05) is 0 Å². The lowest BCUT2D eigenvalue weighted by Gasteiger charge is -2.10. The largest absolute Gasteiger partial charge is 0.309 e. The van der Waals surface area contributed by atoms with Crippen LogP contribution in [0, 0.1) is 0 Å². The van der Waals surface area contributed by atoms with E-state index in [-0.39, 0.29) is 0 Å². The Morgan fingerprint density at radius 1 is 0.524 bits per heavy atom. The summed E-state index contributed by atoms with van der Waals surface area (Å²) < 4.78 is 8.22. The summed E-state index contributed by atoms with van der Waals surface area (Å²) in [7, 11) is 0. The van der Waals surface area contributed by atoms with Crippen LogP contribution < -0.4 is 0 Å². The number of hydrogen-bond acceptors (Lipinski definition) is 2. The number of thiophene rings is 1. The molecule has 0 aliphatic carbocycles. The van der Waals surface area contributed by atoms with Gasteiger partial charge in [0, 0.05) is 48.9 Å². The van der Waals surface area contributed by atoms with Crippen molar-refractivity contribution in [2.45, 2.75) is 0 Å². The number of hydrogen-bond donors (Lipinski definition) is 0. The fourth-order valence-electron chi connectivity index (χ4n) is 6.93. The fraction of sp³-hybridized carbons (Fsp3) is 0. The highest BCUT2D eigenvalue weighted by molar-refractivity contribution is 7.25. The molecule has 0 saturated carbocycles. The molecule has 5 heterocycles. The number of benzene rings is 5. The van der Waals surface area contributed by atoms with E-state index in [0.29, 0.717) is 0 Å². The van der Waals surface area contributed by atoms with E-state index >= 15 is 0 Å². The van der Waals surface area contributed by atoms with Crippen molar-refractivity contribution in [2.24, 2.45) is 0 Å². The van der Waals surface area contributed by atoms with E-state index in [1.54, 1.807) is 0 Å². The van der Waals surface area contributed by atoms with Crippen LogP contribution in [0.5, 0.6) is 0 Å². The Balaban J connectivity index is 1.44. The molecule has 5 heteroatoms. The molecule has 42 heavy (non-hydrogen) atoms. The maximum Gasteiger partial charge on any atom is 0.109 e. The molecule has 0 amide bonds. The first-order valence-electron chi connectivity index (χ1n) is 14.2. The van der Waals surface area contributed by atoms with Gasteiger partial charge in [0.05, 0.1) is 33.3 Å². The molecule has 5 aromatic carbocycles. The van der Waals surface area contributed by atoms with Crippen LogP contribution in [0.15, 0.2) is 134 Å². The van der Waals surface area contributed by atoms with E-state index in [0.717, 1.165) is 22.1 Å². The van der Waals surface area contributed by atoms with Gasteiger partial charge in [-0.25, -0.2) is 4.52 Å². The Labute approximate surface area is 243 Å². The van der Waals surface area contributed by atoms with Gasteiger partial charge in [0.1, 0.15) is 4.83 Å². The maximum atomic E-state index is 4.92. The van der Waals surface area contributed by atoms with Gasteiger partial charge in [-0.05, 0) is 54.6 Å². The van der Waals surface area contributed by atoms with Gasteiger partial charge in [0.2, 0.25) is 0 Å². The molecule has 0 unspecified atom stereocenters. The second-order valence-electron chi connectivity index (χ2n) is 10.9. The van der Waals surface area contributed by atoms with Gasteiger partial charge in [0.25, 0.3) is 0 Å². The van der Waals surface area contributed by atoms with Gasteiger partial charge in [-0.15, -0.1) is 11.3 Å². The van der Waals surface area contributed by atoms with Crippen LogP contribution in [0.3, 0.4) is 0 Å². The van der Waals surface area contributed by atoms with Crippen LogP contribution in [-0.2, 0) is 0 Å². The third-order valence-electron chi connectivity index (χ3n) is 8.66. The molecule has 0 fully saturated rings. The van der Waals surface area contributed by atoms with Crippen LogP contribution in [0.4, 0.5) is 0 Å². The topological polar surface area (TPSA) is 27.2 Å². The second kappa shape index (κ2) is 8.09. The first-order valence-corrected chi connectivity index (χ1v) is 15.0. The normalized spacial score (nSPS) is 12.3. The minimum Gasteiger partial charge on any atom is -0.309 e. The van der Waals surface area contributed by atoms with Crippen molar-refractivity contribution >= 4 is 80.8 Å².